The van der Waals surface area contributed by atoms with E-state index in [-0.39, 0.29) is 4.90 Å². The second-order valence-electron chi connectivity index (χ2n) is 6.69. The molecule has 0 amide bonds. The molecule has 152 valence electrons. The highest BCUT2D eigenvalue weighted by atomic mass is 35.5. The number of anilines is 1. The molecule has 0 radical (unpaired) electrons. The first-order chi connectivity index (χ1) is 14.0. The van der Waals surface area contributed by atoms with E-state index in [1.807, 2.05) is 12.1 Å². The summed E-state index contributed by atoms with van der Waals surface area (Å²) in [6.07, 6.45) is 3.71. The number of hydrogen-bond acceptors (Lipinski definition) is 7. The van der Waals surface area contributed by atoms with Gasteiger partial charge in [-0.3, -0.25) is 0 Å². The van der Waals surface area contributed by atoms with E-state index in [9.17, 15) is 8.42 Å². The van der Waals surface area contributed by atoms with Crippen molar-refractivity contribution >= 4 is 27.4 Å². The molecule has 10 heteroatoms. The zero-order valence-electron chi connectivity index (χ0n) is 15.6. The average Bonchev–Trinajstić information content (AvgIpc) is 3.42. The summed E-state index contributed by atoms with van der Waals surface area (Å²) in [6.45, 7) is 1.67. The zero-order chi connectivity index (χ0) is 20.3. The van der Waals surface area contributed by atoms with Crippen LogP contribution < -0.4 is 5.32 Å². The van der Waals surface area contributed by atoms with Gasteiger partial charge in [-0.2, -0.15) is 9.29 Å². The highest BCUT2D eigenvalue weighted by Gasteiger charge is 2.27. The van der Waals surface area contributed by atoms with Crippen LogP contribution in [0.4, 0.5) is 5.82 Å². The minimum atomic E-state index is -3.44. The van der Waals surface area contributed by atoms with E-state index in [1.165, 1.54) is 10.5 Å². The van der Waals surface area contributed by atoms with Gasteiger partial charge in [-0.15, -0.1) is 0 Å². The van der Waals surface area contributed by atoms with Crippen LogP contribution in [0.5, 0.6) is 0 Å². The molecule has 2 aromatic heterocycles. The lowest BCUT2D eigenvalue weighted by Crippen LogP contribution is -2.27. The van der Waals surface area contributed by atoms with E-state index in [4.69, 9.17) is 16.1 Å². The molecule has 1 fully saturated rings. The van der Waals surface area contributed by atoms with Gasteiger partial charge >= 0.3 is 0 Å². The van der Waals surface area contributed by atoms with Gasteiger partial charge in [0.15, 0.2) is 0 Å². The van der Waals surface area contributed by atoms with Crippen LogP contribution in [0.3, 0.4) is 0 Å². The van der Waals surface area contributed by atoms with Crippen molar-refractivity contribution in [1.29, 1.82) is 0 Å². The number of aromatic nitrogens is 3. The van der Waals surface area contributed by atoms with Crippen molar-refractivity contribution in [2.75, 3.05) is 25.0 Å². The van der Waals surface area contributed by atoms with E-state index in [1.54, 1.807) is 24.3 Å². The molecule has 0 spiro atoms. The van der Waals surface area contributed by atoms with Crippen LogP contribution in [0.2, 0.25) is 5.02 Å². The van der Waals surface area contributed by atoms with Crippen molar-refractivity contribution in [2.45, 2.75) is 24.2 Å². The fourth-order valence-corrected chi connectivity index (χ4v) is 4.67. The molecule has 3 heterocycles. The monoisotopic (exact) mass is 433 g/mol. The Balaban J connectivity index is 1.32. The van der Waals surface area contributed by atoms with E-state index in [2.05, 4.69) is 20.4 Å². The maximum absolute atomic E-state index is 12.5. The van der Waals surface area contributed by atoms with E-state index >= 15 is 0 Å². The topological polar surface area (TPSA) is 101 Å². The number of sulfonamides is 1. The Hall–Kier alpha value is -2.49. The Morgan fingerprint density at radius 3 is 2.55 bits per heavy atom. The Kier molecular flexibility index (Phi) is 5.79. The van der Waals surface area contributed by atoms with Gasteiger partial charge in [0.1, 0.15) is 10.7 Å². The predicted octanol–water partition coefficient (Wildman–Crippen LogP) is 3.22. The summed E-state index contributed by atoms with van der Waals surface area (Å²) in [5, 5.41) is 7.75. The molecular formula is C19H20ClN5O3S. The number of pyridine rings is 1. The van der Waals surface area contributed by atoms with Gasteiger partial charge in [0.2, 0.25) is 21.7 Å². The largest absolute Gasteiger partial charge is 0.370 e. The molecule has 1 N–H and O–H groups in total. The molecule has 4 rings (SSSR count). The summed E-state index contributed by atoms with van der Waals surface area (Å²) < 4.78 is 31.8. The third kappa shape index (κ3) is 4.58. The molecule has 0 aliphatic carbocycles. The van der Waals surface area contributed by atoms with Crippen molar-refractivity contribution in [3.05, 3.63) is 53.5 Å². The molecule has 1 saturated heterocycles. The highest BCUT2D eigenvalue weighted by molar-refractivity contribution is 7.89. The second-order valence-corrected chi connectivity index (χ2v) is 9.06. The van der Waals surface area contributed by atoms with Gasteiger partial charge in [0.05, 0.1) is 0 Å². The molecular weight excluding hydrogens is 414 g/mol. The predicted molar refractivity (Wildman–Crippen MR) is 109 cm³/mol. The van der Waals surface area contributed by atoms with Crippen molar-refractivity contribution in [3.63, 3.8) is 0 Å². The first-order valence-corrected chi connectivity index (χ1v) is 11.1. The molecule has 8 nitrogen and oxygen atoms in total. The summed E-state index contributed by atoms with van der Waals surface area (Å²) in [6, 6.07) is 10.4. The number of nitrogens with zero attached hydrogens (tertiary/aromatic N) is 4. The number of nitrogens with one attached hydrogen (secondary N) is 1. The van der Waals surface area contributed by atoms with Crippen LogP contribution in [0.25, 0.3) is 11.4 Å². The molecule has 0 bridgehead atoms. The van der Waals surface area contributed by atoms with Crippen LogP contribution in [0, 0.1) is 0 Å². The summed E-state index contributed by atoms with van der Waals surface area (Å²) in [7, 11) is -3.44. The van der Waals surface area contributed by atoms with Gasteiger partial charge in [-0.25, -0.2) is 13.4 Å². The average molecular weight is 434 g/mol. The van der Waals surface area contributed by atoms with E-state index in [0.29, 0.717) is 48.6 Å². The SMILES string of the molecule is O=S(=O)(c1ccc(NCCc2nc(-c3ccc(Cl)cc3)no2)nc1)N1CCCC1. The molecule has 0 saturated carbocycles. The van der Waals surface area contributed by atoms with E-state index in [0.717, 1.165) is 18.4 Å². The molecule has 0 unspecified atom stereocenters. The molecule has 1 aromatic carbocycles. The lowest BCUT2D eigenvalue weighted by Gasteiger charge is -2.15. The molecule has 1 aliphatic heterocycles. The van der Waals surface area contributed by atoms with Crippen molar-refractivity contribution < 1.29 is 12.9 Å². The van der Waals surface area contributed by atoms with Gasteiger partial charge < -0.3 is 9.84 Å². The summed E-state index contributed by atoms with van der Waals surface area (Å²) in [5.74, 6) is 1.59. The van der Waals surface area contributed by atoms with Crippen LogP contribution in [-0.4, -0.2) is 47.5 Å². The normalized spacial score (nSPS) is 14.9. The van der Waals surface area contributed by atoms with Crippen molar-refractivity contribution in [2.24, 2.45) is 0 Å². The van der Waals surface area contributed by atoms with Crippen LogP contribution >= 0.6 is 11.6 Å². The molecule has 3 aromatic rings. The Morgan fingerprint density at radius 2 is 1.86 bits per heavy atom. The third-order valence-electron chi connectivity index (χ3n) is 4.65. The first kappa shape index (κ1) is 19.8. The number of halogens is 1. The Morgan fingerprint density at radius 1 is 1.10 bits per heavy atom. The Labute approximate surface area is 174 Å². The quantitative estimate of drug-likeness (QED) is 0.610. The zero-order valence-corrected chi connectivity index (χ0v) is 17.2. The summed E-state index contributed by atoms with van der Waals surface area (Å²) in [5.41, 5.74) is 0.828. The lowest BCUT2D eigenvalue weighted by molar-refractivity contribution is 0.381. The summed E-state index contributed by atoms with van der Waals surface area (Å²) >= 11 is 5.88. The van der Waals surface area contributed by atoms with Crippen molar-refractivity contribution in [3.8, 4) is 11.4 Å². The fraction of sp³-hybridized carbons (Fsp3) is 0.316. The molecule has 1 aliphatic rings. The number of hydrogen-bond donors (Lipinski definition) is 1. The van der Waals surface area contributed by atoms with Gasteiger partial charge in [0, 0.05) is 42.8 Å². The summed E-state index contributed by atoms with van der Waals surface area (Å²) in [4.78, 5) is 8.80. The fourth-order valence-electron chi connectivity index (χ4n) is 3.09. The minimum absolute atomic E-state index is 0.217. The number of rotatable bonds is 7. The molecule has 29 heavy (non-hydrogen) atoms. The van der Waals surface area contributed by atoms with Gasteiger partial charge in [-0.1, -0.05) is 16.8 Å². The van der Waals surface area contributed by atoms with Crippen molar-refractivity contribution in [1.82, 2.24) is 19.4 Å². The first-order valence-electron chi connectivity index (χ1n) is 9.31. The minimum Gasteiger partial charge on any atom is -0.370 e. The van der Waals surface area contributed by atoms with Crippen LogP contribution in [0.15, 0.2) is 52.0 Å². The highest BCUT2D eigenvalue weighted by Crippen LogP contribution is 2.21. The van der Waals surface area contributed by atoms with E-state index < -0.39 is 10.0 Å². The Bertz CT molecular complexity index is 1060. The van der Waals surface area contributed by atoms with Gasteiger partial charge in [0.25, 0.3) is 0 Å². The number of benzene rings is 1. The van der Waals surface area contributed by atoms with Crippen LogP contribution in [-0.2, 0) is 16.4 Å². The van der Waals surface area contributed by atoms with Gasteiger partial charge in [-0.05, 0) is 49.2 Å². The molecule has 0 atom stereocenters. The third-order valence-corrected chi connectivity index (χ3v) is 6.79. The smallest absolute Gasteiger partial charge is 0.244 e. The van der Waals surface area contributed by atoms with Crippen LogP contribution in [0.1, 0.15) is 18.7 Å². The maximum Gasteiger partial charge on any atom is 0.244 e. The second kappa shape index (κ2) is 8.48. The maximum atomic E-state index is 12.5. The lowest BCUT2D eigenvalue weighted by atomic mass is 10.2. The standard InChI is InChI=1S/C19H20ClN5O3S/c20-15-5-3-14(4-6-15)19-23-18(28-24-19)9-10-21-17-8-7-16(13-22-17)29(26,27)25-11-1-2-12-25/h3-8,13H,1-2,9-12H2,(H,21,22).